The van der Waals surface area contributed by atoms with E-state index in [4.69, 9.17) is 31.6 Å². The molecule has 0 aromatic rings. The zero-order chi connectivity index (χ0) is 39.7. The average Bonchev–Trinajstić information content (AvgIpc) is 3.27. The van der Waals surface area contributed by atoms with Crippen molar-refractivity contribution in [2.24, 2.45) is 34.5 Å². The standard InChI is InChI=1S/C40H80O8Si5/c1-39-24-22-28(26-27(39)18-19-29-30-20-21-32(44-49(3,4)5)40(30,2)25-23-31(29)39)42-38-36(47-52(12,13)14)34(46-51(9,10)11)33(45-50(6,7)8)35(43-38)37(41)48-53(15,16)17/h27-36,38H,18-26H2,1-17H3. The summed E-state index contributed by atoms with van der Waals surface area (Å²) in [6.45, 7) is 38.1. The third-order valence-electron chi connectivity index (χ3n) is 13.0. The molecule has 1 aliphatic heterocycles. The summed E-state index contributed by atoms with van der Waals surface area (Å²) in [5.74, 6) is 2.62. The van der Waals surface area contributed by atoms with Gasteiger partial charge in [-0.25, -0.2) is 0 Å². The van der Waals surface area contributed by atoms with Gasteiger partial charge in [0.25, 0.3) is 0 Å². The molecule has 308 valence electrons. The Morgan fingerprint density at radius 2 is 1.09 bits per heavy atom. The van der Waals surface area contributed by atoms with Crippen molar-refractivity contribution in [1.29, 1.82) is 0 Å². The molecule has 13 heteroatoms. The number of hydrogen-bond donors (Lipinski definition) is 0. The van der Waals surface area contributed by atoms with Gasteiger partial charge in [-0.1, -0.05) is 13.8 Å². The molecule has 0 amide bonds. The number of hydrogen-bond acceptors (Lipinski definition) is 8. The van der Waals surface area contributed by atoms with Gasteiger partial charge in [0.2, 0.25) is 8.32 Å². The summed E-state index contributed by atoms with van der Waals surface area (Å²) in [5, 5.41) is 0. The minimum Gasteiger partial charge on any atom is -0.518 e. The molecule has 1 saturated heterocycles. The summed E-state index contributed by atoms with van der Waals surface area (Å²) in [5.41, 5.74) is 0.653. The van der Waals surface area contributed by atoms with Crippen LogP contribution in [-0.2, 0) is 36.4 Å². The van der Waals surface area contributed by atoms with Gasteiger partial charge in [-0.05, 0) is 190 Å². The maximum Gasteiger partial charge on any atom is 0.324 e. The molecule has 0 spiro atoms. The second kappa shape index (κ2) is 15.5. The third-order valence-corrected chi connectivity index (χ3v) is 17.7. The van der Waals surface area contributed by atoms with E-state index in [2.05, 4.69) is 92.4 Å². The summed E-state index contributed by atoms with van der Waals surface area (Å²) < 4.78 is 48.0. The number of carbonyl (C=O) groups is 1. The average molecular weight is 830 g/mol. The summed E-state index contributed by atoms with van der Waals surface area (Å²) in [6.07, 6.45) is 8.15. The zero-order valence-corrected chi connectivity index (χ0v) is 42.0. The lowest BCUT2D eigenvalue weighted by atomic mass is 9.45. The normalized spacial score (nSPS) is 41.3. The van der Waals surface area contributed by atoms with Gasteiger partial charge in [0, 0.05) is 0 Å². The Morgan fingerprint density at radius 1 is 0.566 bits per heavy atom. The number of carbonyl (C=O) groups excluding carboxylic acids is 1. The highest BCUT2D eigenvalue weighted by Gasteiger charge is 2.62. The molecule has 0 aromatic carbocycles. The van der Waals surface area contributed by atoms with E-state index in [9.17, 15) is 4.79 Å². The minimum atomic E-state index is -2.23. The van der Waals surface area contributed by atoms with E-state index >= 15 is 0 Å². The minimum absolute atomic E-state index is 0.0351. The predicted octanol–water partition coefficient (Wildman–Crippen LogP) is 10.4. The van der Waals surface area contributed by atoms with Crippen LogP contribution in [0.1, 0.15) is 71.6 Å². The lowest BCUT2D eigenvalue weighted by molar-refractivity contribution is -0.301. The van der Waals surface area contributed by atoms with E-state index in [1.165, 1.54) is 44.9 Å². The van der Waals surface area contributed by atoms with Crippen LogP contribution in [0.2, 0.25) is 98.2 Å². The number of rotatable bonds is 12. The molecule has 13 unspecified atom stereocenters. The molecule has 0 bridgehead atoms. The molecule has 53 heavy (non-hydrogen) atoms. The van der Waals surface area contributed by atoms with Crippen LogP contribution in [0.3, 0.4) is 0 Å². The SMILES string of the molecule is CC12CCC(OC3OC(C(=O)O[Si](C)(C)C)C(O[Si](C)(C)C)C(O[Si](C)(C)C)C3O[Si](C)(C)C)CC1CCC1C2CCC2(C)C(O[Si](C)(C)C)CCC12. The van der Waals surface area contributed by atoms with E-state index in [1.54, 1.807) is 0 Å². The molecule has 5 aliphatic rings. The summed E-state index contributed by atoms with van der Waals surface area (Å²) in [6, 6.07) is 0. The van der Waals surface area contributed by atoms with Crippen LogP contribution >= 0.6 is 0 Å². The quantitative estimate of drug-likeness (QED) is 0.142. The van der Waals surface area contributed by atoms with E-state index in [0.717, 1.165) is 30.6 Å². The van der Waals surface area contributed by atoms with Crippen LogP contribution in [0.4, 0.5) is 0 Å². The monoisotopic (exact) mass is 828 g/mol. The van der Waals surface area contributed by atoms with E-state index in [0.29, 0.717) is 22.9 Å². The zero-order valence-electron chi connectivity index (χ0n) is 37.0. The first kappa shape index (κ1) is 44.4. The molecule has 0 radical (unpaired) electrons. The van der Waals surface area contributed by atoms with Crippen molar-refractivity contribution in [3.8, 4) is 0 Å². The second-order valence-electron chi connectivity index (χ2n) is 23.1. The molecular formula is C40H80O8Si5. The van der Waals surface area contributed by atoms with Crippen molar-refractivity contribution in [1.82, 2.24) is 0 Å². The first-order chi connectivity index (χ1) is 24.0. The lowest BCUT2D eigenvalue weighted by Gasteiger charge is -2.61. The fraction of sp³-hybridized carbons (Fsp3) is 0.975. The van der Waals surface area contributed by atoms with Crippen LogP contribution in [0.5, 0.6) is 0 Å². The van der Waals surface area contributed by atoms with Gasteiger partial charge in [0.1, 0.15) is 18.3 Å². The first-order valence-corrected chi connectivity index (χ1v) is 38.3. The molecule has 4 aliphatic carbocycles. The van der Waals surface area contributed by atoms with Crippen molar-refractivity contribution >= 4 is 47.6 Å². The Hall–Kier alpha value is 0.314. The van der Waals surface area contributed by atoms with Crippen LogP contribution in [0.25, 0.3) is 0 Å². The molecule has 13 atom stereocenters. The van der Waals surface area contributed by atoms with Crippen LogP contribution in [-0.4, -0.2) is 90.5 Å². The first-order valence-electron chi connectivity index (χ1n) is 21.2. The van der Waals surface area contributed by atoms with Crippen LogP contribution in [0.15, 0.2) is 0 Å². The van der Waals surface area contributed by atoms with E-state index in [1.807, 2.05) is 19.6 Å². The van der Waals surface area contributed by atoms with Gasteiger partial charge in [-0.15, -0.1) is 0 Å². The maximum absolute atomic E-state index is 14.1. The van der Waals surface area contributed by atoms with E-state index < -0.39 is 72.3 Å². The lowest BCUT2D eigenvalue weighted by Crippen LogP contribution is -2.67. The Bertz CT molecular complexity index is 1280. The molecular weight excluding hydrogens is 749 g/mol. The van der Waals surface area contributed by atoms with Gasteiger partial charge < -0.3 is 31.6 Å². The molecule has 5 rings (SSSR count). The van der Waals surface area contributed by atoms with Crippen molar-refractivity contribution in [3.05, 3.63) is 0 Å². The topological polar surface area (TPSA) is 81.7 Å². The summed E-state index contributed by atoms with van der Waals surface area (Å²) in [7, 11) is -10.3. The maximum atomic E-state index is 14.1. The van der Waals surface area contributed by atoms with Crippen molar-refractivity contribution in [2.75, 3.05) is 0 Å². The fourth-order valence-electron chi connectivity index (χ4n) is 11.2. The van der Waals surface area contributed by atoms with E-state index in [-0.39, 0.29) is 12.1 Å². The van der Waals surface area contributed by atoms with Gasteiger partial charge in [0.05, 0.1) is 12.2 Å². The van der Waals surface area contributed by atoms with Gasteiger partial charge in [0.15, 0.2) is 45.7 Å². The number of ether oxygens (including phenoxy) is 2. The second-order valence-corrected chi connectivity index (χ2v) is 45.3. The number of fused-ring (bicyclic) bond motifs is 5. The summed E-state index contributed by atoms with van der Waals surface area (Å²) >= 11 is 0. The fourth-order valence-corrected chi connectivity index (χ4v) is 16.4. The molecule has 0 aromatic heterocycles. The highest BCUT2D eigenvalue weighted by Crippen LogP contribution is 2.67. The predicted molar refractivity (Wildman–Crippen MR) is 228 cm³/mol. The van der Waals surface area contributed by atoms with Gasteiger partial charge in [-0.3, -0.25) is 4.79 Å². The Balaban J connectivity index is 1.39. The van der Waals surface area contributed by atoms with Crippen molar-refractivity contribution < 1.29 is 36.4 Å². The highest BCUT2D eigenvalue weighted by molar-refractivity contribution is 6.72. The largest absolute Gasteiger partial charge is 0.518 e. The molecule has 4 saturated carbocycles. The molecule has 0 N–H and O–H groups in total. The van der Waals surface area contributed by atoms with Crippen LogP contribution < -0.4 is 0 Å². The van der Waals surface area contributed by atoms with Gasteiger partial charge in [-0.2, -0.15) is 0 Å². The third kappa shape index (κ3) is 10.7. The summed E-state index contributed by atoms with van der Waals surface area (Å²) in [4.78, 5) is 14.1. The molecule has 8 nitrogen and oxygen atoms in total. The smallest absolute Gasteiger partial charge is 0.324 e. The Kier molecular flexibility index (Phi) is 13.0. The Morgan fingerprint density at radius 3 is 1.66 bits per heavy atom. The Labute approximate surface area is 329 Å². The van der Waals surface area contributed by atoms with Gasteiger partial charge >= 0.3 is 5.97 Å². The highest BCUT2D eigenvalue weighted by atomic mass is 28.4. The van der Waals surface area contributed by atoms with Crippen molar-refractivity contribution in [3.63, 3.8) is 0 Å². The molecule has 1 heterocycles. The molecule has 5 fully saturated rings. The van der Waals surface area contributed by atoms with Crippen molar-refractivity contribution in [2.45, 2.75) is 213 Å². The van der Waals surface area contributed by atoms with Crippen LogP contribution in [0, 0.1) is 34.5 Å².